The molecule has 2 aliphatic rings. The number of nitrogens with zero attached hydrogens (tertiary/aromatic N) is 1. The first-order valence-corrected chi connectivity index (χ1v) is 12.1. The van der Waals surface area contributed by atoms with Crippen molar-refractivity contribution >= 4 is 5.91 Å². The fraction of sp³-hybridized carbons (Fsp3) is 0.519. The van der Waals surface area contributed by atoms with E-state index in [4.69, 9.17) is 9.47 Å². The number of carbonyl (C=O) groups excluding carboxylic acids is 1. The van der Waals surface area contributed by atoms with E-state index >= 15 is 0 Å². The second kappa shape index (κ2) is 10.7. The summed E-state index contributed by atoms with van der Waals surface area (Å²) in [5.74, 6) is 0.455. The summed E-state index contributed by atoms with van der Waals surface area (Å²) >= 11 is 0. The van der Waals surface area contributed by atoms with Crippen LogP contribution in [0.15, 0.2) is 42.5 Å². The van der Waals surface area contributed by atoms with Crippen molar-refractivity contribution in [2.45, 2.75) is 45.1 Å². The van der Waals surface area contributed by atoms with Gasteiger partial charge in [-0.2, -0.15) is 0 Å². The lowest BCUT2D eigenvalue weighted by Gasteiger charge is -2.36. The Morgan fingerprint density at radius 1 is 1.24 bits per heavy atom. The van der Waals surface area contributed by atoms with Gasteiger partial charge in [0.25, 0.3) is 0 Å². The summed E-state index contributed by atoms with van der Waals surface area (Å²) in [5.41, 5.74) is 2.17. The summed E-state index contributed by atoms with van der Waals surface area (Å²) in [6, 6.07) is 13.0. The minimum atomic E-state index is -0.488. The van der Waals surface area contributed by atoms with Crippen molar-refractivity contribution in [3.05, 3.63) is 53.8 Å². The van der Waals surface area contributed by atoms with E-state index in [1.165, 1.54) is 18.6 Å². The van der Waals surface area contributed by atoms with Gasteiger partial charge in [-0.15, -0.1) is 0 Å². The summed E-state index contributed by atoms with van der Waals surface area (Å²) in [7, 11) is 1.59. The highest BCUT2D eigenvalue weighted by Gasteiger charge is 2.40. The Hall–Kier alpha value is -2.44. The number of benzene rings is 2. The number of nitrogens with one attached hydrogen (secondary N) is 1. The van der Waals surface area contributed by atoms with Crippen LogP contribution < -0.4 is 10.1 Å². The smallest absolute Gasteiger partial charge is 0.226 e. The molecule has 2 aliphatic heterocycles. The molecule has 1 amide bonds. The third-order valence-electron chi connectivity index (χ3n) is 7.28. The van der Waals surface area contributed by atoms with Crippen LogP contribution >= 0.6 is 0 Å². The largest absolute Gasteiger partial charge is 0.496 e. The molecule has 0 aliphatic carbocycles. The Balaban J connectivity index is 1.54. The van der Waals surface area contributed by atoms with Gasteiger partial charge in [-0.3, -0.25) is 9.69 Å². The lowest BCUT2D eigenvalue weighted by Crippen LogP contribution is -2.49. The first kappa shape index (κ1) is 23.7. The number of ether oxygens (including phenoxy) is 2. The minimum Gasteiger partial charge on any atom is -0.496 e. The third kappa shape index (κ3) is 5.39. The van der Waals surface area contributed by atoms with E-state index < -0.39 is 5.41 Å². The third-order valence-corrected chi connectivity index (χ3v) is 7.28. The van der Waals surface area contributed by atoms with Crippen molar-refractivity contribution in [3.8, 4) is 16.9 Å². The van der Waals surface area contributed by atoms with Crippen LogP contribution in [0.5, 0.6) is 5.75 Å². The number of likely N-dealkylation sites (tertiary alicyclic amines) is 1. The predicted octanol–water partition coefficient (Wildman–Crippen LogP) is 4.44. The second-order valence-electron chi connectivity index (χ2n) is 9.25. The molecule has 4 rings (SSSR count). The molecular formula is C27H35FN2O3. The first-order valence-electron chi connectivity index (χ1n) is 12.1. The molecule has 0 bridgehead atoms. The normalized spacial score (nSPS) is 20.5. The number of hydrogen-bond acceptors (Lipinski definition) is 4. The lowest BCUT2D eigenvalue weighted by atomic mass is 9.74. The van der Waals surface area contributed by atoms with Gasteiger partial charge in [-0.25, -0.2) is 4.39 Å². The first-order chi connectivity index (χ1) is 16.0. The van der Waals surface area contributed by atoms with E-state index in [0.29, 0.717) is 56.4 Å². The van der Waals surface area contributed by atoms with Gasteiger partial charge >= 0.3 is 0 Å². The lowest BCUT2D eigenvalue weighted by molar-refractivity contribution is -0.136. The van der Waals surface area contributed by atoms with Gasteiger partial charge in [0.15, 0.2) is 0 Å². The molecule has 2 aromatic rings. The summed E-state index contributed by atoms with van der Waals surface area (Å²) in [6.07, 6.45) is 4.38. The van der Waals surface area contributed by atoms with E-state index in [9.17, 15) is 9.18 Å². The molecule has 0 saturated carbocycles. The number of methoxy groups -OCH3 is 1. The maximum absolute atomic E-state index is 13.9. The van der Waals surface area contributed by atoms with Crippen LogP contribution in [0.2, 0.25) is 0 Å². The molecule has 0 aromatic heterocycles. The van der Waals surface area contributed by atoms with Gasteiger partial charge in [-0.1, -0.05) is 31.2 Å². The summed E-state index contributed by atoms with van der Waals surface area (Å²) in [4.78, 5) is 16.0. The van der Waals surface area contributed by atoms with E-state index in [1.54, 1.807) is 13.2 Å². The molecule has 6 heteroatoms. The van der Waals surface area contributed by atoms with Gasteiger partial charge < -0.3 is 14.8 Å². The van der Waals surface area contributed by atoms with Crippen LogP contribution in [0, 0.1) is 11.2 Å². The zero-order valence-electron chi connectivity index (χ0n) is 19.7. The van der Waals surface area contributed by atoms with Crippen LogP contribution in [0.1, 0.15) is 38.2 Å². The van der Waals surface area contributed by atoms with E-state index in [1.807, 2.05) is 12.1 Å². The molecule has 5 nitrogen and oxygen atoms in total. The number of hydrogen-bond donors (Lipinski definition) is 1. The van der Waals surface area contributed by atoms with E-state index in [-0.39, 0.29) is 11.7 Å². The van der Waals surface area contributed by atoms with Gasteiger partial charge in [0, 0.05) is 31.4 Å². The molecule has 1 atom stereocenters. The van der Waals surface area contributed by atoms with Crippen molar-refractivity contribution in [1.29, 1.82) is 0 Å². The quantitative estimate of drug-likeness (QED) is 0.641. The number of amides is 1. The van der Waals surface area contributed by atoms with E-state index in [0.717, 1.165) is 30.6 Å². The predicted molar refractivity (Wildman–Crippen MR) is 128 cm³/mol. The fourth-order valence-corrected chi connectivity index (χ4v) is 5.33. The average molecular weight is 455 g/mol. The van der Waals surface area contributed by atoms with Gasteiger partial charge in [-0.05, 0) is 74.5 Å². The maximum atomic E-state index is 13.9. The van der Waals surface area contributed by atoms with E-state index in [2.05, 4.69) is 29.3 Å². The molecule has 0 unspecified atom stereocenters. The SMILES string of the molecule is CCN1CCC[C@@H]1CNC(=O)C1(Cc2cccc(-c3cc(F)ccc3OC)c2)CCOCC1. The average Bonchev–Trinajstić information content (AvgIpc) is 3.31. The standard InChI is InChI=1S/C27H35FN2O3/c1-3-30-13-5-8-23(30)19-29-26(31)27(11-14-33-15-12-27)18-20-6-4-7-21(16-20)24-17-22(28)9-10-25(24)32-2/h4,6-7,9-10,16-17,23H,3,5,8,11-15,18-19H2,1-2H3,(H,29,31)/t23-/m1/s1. The highest BCUT2D eigenvalue weighted by atomic mass is 19.1. The molecule has 2 heterocycles. The minimum absolute atomic E-state index is 0.127. The zero-order chi connectivity index (χ0) is 23.3. The summed E-state index contributed by atoms with van der Waals surface area (Å²) < 4.78 is 25.0. The number of likely N-dealkylation sites (N-methyl/N-ethyl adjacent to an activating group) is 1. The summed E-state index contributed by atoms with van der Waals surface area (Å²) in [5, 5.41) is 3.29. The van der Waals surface area contributed by atoms with Crippen LogP contribution in [0.3, 0.4) is 0 Å². The number of rotatable bonds is 8. The van der Waals surface area contributed by atoms with Crippen LogP contribution in [0.4, 0.5) is 4.39 Å². The molecular weight excluding hydrogens is 419 g/mol. The van der Waals surface area contributed by atoms with Crippen LogP contribution in [-0.2, 0) is 16.0 Å². The van der Waals surface area contributed by atoms with Crippen molar-refractivity contribution in [3.63, 3.8) is 0 Å². The van der Waals surface area contributed by atoms with Gasteiger partial charge in [0.2, 0.25) is 5.91 Å². The Bertz CT molecular complexity index is 958. The molecule has 2 fully saturated rings. The molecule has 2 aromatic carbocycles. The molecule has 1 N–H and O–H groups in total. The van der Waals surface area contributed by atoms with Crippen molar-refractivity contribution in [2.75, 3.05) is 40.0 Å². The summed E-state index contributed by atoms with van der Waals surface area (Å²) in [6.45, 7) is 6.21. The maximum Gasteiger partial charge on any atom is 0.226 e. The van der Waals surface area contributed by atoms with Crippen LogP contribution in [0.25, 0.3) is 11.1 Å². The highest BCUT2D eigenvalue weighted by molar-refractivity contribution is 5.83. The monoisotopic (exact) mass is 454 g/mol. The zero-order valence-corrected chi connectivity index (χ0v) is 19.7. The molecule has 33 heavy (non-hydrogen) atoms. The molecule has 2 saturated heterocycles. The highest BCUT2D eigenvalue weighted by Crippen LogP contribution is 2.37. The molecule has 0 radical (unpaired) electrons. The Kier molecular flexibility index (Phi) is 7.66. The number of carbonyl (C=O) groups is 1. The number of halogens is 1. The van der Waals surface area contributed by atoms with Crippen LogP contribution in [-0.4, -0.2) is 56.8 Å². The Morgan fingerprint density at radius 2 is 2.06 bits per heavy atom. The van der Waals surface area contributed by atoms with Crippen molar-refractivity contribution in [1.82, 2.24) is 10.2 Å². The molecule has 0 spiro atoms. The van der Waals surface area contributed by atoms with Gasteiger partial charge in [0.05, 0.1) is 12.5 Å². The molecule has 178 valence electrons. The topological polar surface area (TPSA) is 50.8 Å². The van der Waals surface area contributed by atoms with Gasteiger partial charge in [0.1, 0.15) is 11.6 Å². The Morgan fingerprint density at radius 3 is 2.82 bits per heavy atom. The second-order valence-corrected chi connectivity index (χ2v) is 9.25. The van der Waals surface area contributed by atoms with Crippen molar-refractivity contribution < 1.29 is 18.7 Å². The van der Waals surface area contributed by atoms with Crippen molar-refractivity contribution in [2.24, 2.45) is 5.41 Å². The fourth-order valence-electron chi connectivity index (χ4n) is 5.33. The Labute approximate surface area is 196 Å².